The Labute approximate surface area is 140 Å². The molecular formula is C19H43NO2. The van der Waals surface area contributed by atoms with Crippen LogP contribution in [0.3, 0.4) is 0 Å². The predicted octanol–water partition coefficient (Wildman–Crippen LogP) is 4.89. The van der Waals surface area contributed by atoms with Gasteiger partial charge in [-0.05, 0) is 13.6 Å². The number of ketones is 1. The van der Waals surface area contributed by atoms with Gasteiger partial charge in [0.05, 0.1) is 13.2 Å². The molecule has 22 heavy (non-hydrogen) atoms. The van der Waals surface area contributed by atoms with Crippen LogP contribution < -0.4 is 0 Å². The van der Waals surface area contributed by atoms with Crippen LogP contribution in [0.1, 0.15) is 69.7 Å². The Kier molecular flexibility index (Phi) is 14.5. The second-order valence-electron chi connectivity index (χ2n) is 7.39. The molecule has 0 aliphatic rings. The minimum atomic E-state index is -0.388. The Morgan fingerprint density at radius 3 is 1.91 bits per heavy atom. The number of Topliss-reactive ketones (excluding diaryl/α,β-unsaturated/α-hetero) is 1. The van der Waals surface area contributed by atoms with Crippen molar-refractivity contribution in [2.45, 2.75) is 69.7 Å². The molecule has 0 saturated carbocycles. The lowest BCUT2D eigenvalue weighted by Crippen LogP contribution is -2.37. The second kappa shape index (κ2) is 12.1. The summed E-state index contributed by atoms with van der Waals surface area (Å²) in [6, 6.07) is 0. The molecule has 0 heterocycles. The van der Waals surface area contributed by atoms with Gasteiger partial charge in [0.2, 0.25) is 0 Å². The van der Waals surface area contributed by atoms with E-state index in [1.54, 1.807) is 0 Å². The molecule has 0 amide bonds. The van der Waals surface area contributed by atoms with Crippen molar-refractivity contribution in [1.82, 2.24) is 4.90 Å². The molecule has 0 aliphatic heterocycles. The van der Waals surface area contributed by atoms with Crippen LogP contribution in [0, 0.1) is 16.7 Å². The number of nitrogens with zero attached hydrogens (tertiary/aromatic N) is 1. The highest BCUT2D eigenvalue weighted by atomic mass is 16.5. The SMILES string of the molecule is C.CC.CCN(C)CC(C)(C)COCC(C)(C)C(=O)C(C)C. The molecule has 0 spiro atoms. The predicted molar refractivity (Wildman–Crippen MR) is 99.5 cm³/mol. The maximum atomic E-state index is 12.1. The highest BCUT2D eigenvalue weighted by molar-refractivity contribution is 5.85. The smallest absolute Gasteiger partial charge is 0.143 e. The number of carbonyl (C=O) groups excluding carboxylic acids is 1. The quantitative estimate of drug-likeness (QED) is 0.606. The monoisotopic (exact) mass is 317 g/mol. The number of hydrogen-bond donors (Lipinski definition) is 0. The minimum Gasteiger partial charge on any atom is -0.380 e. The van der Waals surface area contributed by atoms with E-state index in [-0.39, 0.29) is 30.0 Å². The molecule has 0 aromatic carbocycles. The van der Waals surface area contributed by atoms with Gasteiger partial charge in [0, 0.05) is 23.3 Å². The standard InChI is InChI=1S/C16H33NO2.C2H6.CH4/c1-9-17(8)10-15(4,5)11-19-12-16(6,7)14(18)13(2)3;1-2;/h13H,9-12H2,1-8H3;1-2H3;1H4. The summed E-state index contributed by atoms with van der Waals surface area (Å²) in [6.07, 6.45) is 0. The van der Waals surface area contributed by atoms with Gasteiger partial charge in [-0.25, -0.2) is 0 Å². The van der Waals surface area contributed by atoms with E-state index < -0.39 is 0 Å². The third kappa shape index (κ3) is 11.2. The van der Waals surface area contributed by atoms with Crippen molar-refractivity contribution in [1.29, 1.82) is 0 Å². The lowest BCUT2D eigenvalue weighted by molar-refractivity contribution is -0.134. The molecule has 3 nitrogen and oxygen atoms in total. The van der Waals surface area contributed by atoms with Crippen LogP contribution in [-0.4, -0.2) is 44.0 Å². The molecule has 0 fully saturated rings. The summed E-state index contributed by atoms with van der Waals surface area (Å²) in [5.41, 5.74) is -0.275. The molecular weight excluding hydrogens is 274 g/mol. The molecule has 0 atom stereocenters. The van der Waals surface area contributed by atoms with E-state index in [0.29, 0.717) is 13.2 Å². The summed E-state index contributed by atoms with van der Waals surface area (Å²) in [4.78, 5) is 14.3. The first-order valence-corrected chi connectivity index (χ1v) is 8.32. The fourth-order valence-corrected chi connectivity index (χ4v) is 2.32. The van der Waals surface area contributed by atoms with Crippen molar-refractivity contribution in [3.8, 4) is 0 Å². The highest BCUT2D eigenvalue weighted by Gasteiger charge is 2.30. The van der Waals surface area contributed by atoms with Gasteiger partial charge in [0.15, 0.2) is 0 Å². The molecule has 3 heteroatoms. The van der Waals surface area contributed by atoms with Crippen LogP contribution in [0.4, 0.5) is 0 Å². The van der Waals surface area contributed by atoms with Gasteiger partial charge in [-0.1, -0.05) is 69.7 Å². The number of hydrogen-bond acceptors (Lipinski definition) is 3. The first-order valence-electron chi connectivity index (χ1n) is 8.32. The third-order valence-corrected chi connectivity index (χ3v) is 3.38. The largest absolute Gasteiger partial charge is 0.380 e. The van der Waals surface area contributed by atoms with E-state index >= 15 is 0 Å². The average Bonchev–Trinajstić information content (AvgIpc) is 2.38. The van der Waals surface area contributed by atoms with Gasteiger partial charge >= 0.3 is 0 Å². The lowest BCUT2D eigenvalue weighted by Gasteiger charge is -2.31. The zero-order valence-corrected chi connectivity index (χ0v) is 16.2. The van der Waals surface area contributed by atoms with E-state index in [2.05, 4.69) is 32.7 Å². The molecule has 0 aromatic rings. The van der Waals surface area contributed by atoms with Crippen LogP contribution in [0.2, 0.25) is 0 Å². The van der Waals surface area contributed by atoms with Crippen LogP contribution in [-0.2, 0) is 9.53 Å². The molecule has 0 radical (unpaired) electrons. The van der Waals surface area contributed by atoms with Gasteiger partial charge in [-0.2, -0.15) is 0 Å². The van der Waals surface area contributed by atoms with Crippen molar-refractivity contribution >= 4 is 5.78 Å². The number of ether oxygens (including phenoxy) is 1. The van der Waals surface area contributed by atoms with E-state index in [0.717, 1.165) is 13.1 Å². The summed E-state index contributed by atoms with van der Waals surface area (Å²) in [7, 11) is 2.12. The first-order chi connectivity index (χ1) is 9.52. The number of rotatable bonds is 9. The van der Waals surface area contributed by atoms with Crippen molar-refractivity contribution in [2.24, 2.45) is 16.7 Å². The van der Waals surface area contributed by atoms with Gasteiger partial charge in [-0.3, -0.25) is 4.79 Å². The van der Waals surface area contributed by atoms with Crippen LogP contribution in [0.5, 0.6) is 0 Å². The molecule has 0 saturated heterocycles. The van der Waals surface area contributed by atoms with E-state index in [1.807, 2.05) is 41.5 Å². The molecule has 0 aliphatic carbocycles. The molecule has 0 N–H and O–H groups in total. The lowest BCUT2D eigenvalue weighted by atomic mass is 9.83. The molecule has 136 valence electrons. The van der Waals surface area contributed by atoms with Crippen molar-refractivity contribution in [3.63, 3.8) is 0 Å². The van der Waals surface area contributed by atoms with Gasteiger partial charge < -0.3 is 9.64 Å². The summed E-state index contributed by atoms with van der Waals surface area (Å²) < 4.78 is 5.83. The van der Waals surface area contributed by atoms with Crippen LogP contribution in [0.15, 0.2) is 0 Å². The summed E-state index contributed by atoms with van der Waals surface area (Å²) >= 11 is 0. The Morgan fingerprint density at radius 1 is 1.09 bits per heavy atom. The second-order valence-corrected chi connectivity index (χ2v) is 7.39. The maximum absolute atomic E-state index is 12.1. The molecule has 0 unspecified atom stereocenters. The van der Waals surface area contributed by atoms with E-state index in [9.17, 15) is 4.79 Å². The Morgan fingerprint density at radius 2 is 1.55 bits per heavy atom. The van der Waals surface area contributed by atoms with Crippen molar-refractivity contribution < 1.29 is 9.53 Å². The summed E-state index contributed by atoms with van der Waals surface area (Å²) in [5.74, 6) is 0.341. The molecule has 0 bridgehead atoms. The normalized spacial score (nSPS) is 11.8. The maximum Gasteiger partial charge on any atom is 0.143 e. The van der Waals surface area contributed by atoms with Crippen molar-refractivity contribution in [2.75, 3.05) is 33.4 Å². The Balaban J connectivity index is -0.00000115. The van der Waals surface area contributed by atoms with Crippen molar-refractivity contribution in [3.05, 3.63) is 0 Å². The minimum absolute atomic E-state index is 0. The Hall–Kier alpha value is -0.410. The Bertz CT molecular complexity index is 283. The zero-order valence-electron chi connectivity index (χ0n) is 16.2. The third-order valence-electron chi connectivity index (χ3n) is 3.38. The van der Waals surface area contributed by atoms with Gasteiger partial charge in [0.1, 0.15) is 5.78 Å². The first kappa shape index (κ1) is 26.5. The fraction of sp³-hybridized carbons (Fsp3) is 0.947. The summed E-state index contributed by atoms with van der Waals surface area (Å²) in [5, 5.41) is 0. The topological polar surface area (TPSA) is 29.5 Å². The van der Waals surface area contributed by atoms with Gasteiger partial charge in [-0.15, -0.1) is 0 Å². The zero-order chi connectivity index (χ0) is 17.3. The van der Waals surface area contributed by atoms with Crippen LogP contribution >= 0.6 is 0 Å². The number of carbonyl (C=O) groups is 1. The van der Waals surface area contributed by atoms with E-state index in [1.165, 1.54) is 0 Å². The summed E-state index contributed by atoms with van der Waals surface area (Å²) in [6.45, 7) is 21.6. The van der Waals surface area contributed by atoms with E-state index in [4.69, 9.17) is 4.74 Å². The van der Waals surface area contributed by atoms with Crippen LogP contribution in [0.25, 0.3) is 0 Å². The van der Waals surface area contributed by atoms with Gasteiger partial charge in [0.25, 0.3) is 0 Å². The molecule has 0 rings (SSSR count). The highest BCUT2D eigenvalue weighted by Crippen LogP contribution is 2.24. The average molecular weight is 318 g/mol. The molecule has 0 aromatic heterocycles. The fourth-order valence-electron chi connectivity index (χ4n) is 2.32.